The topological polar surface area (TPSA) is 78.9 Å². The molecule has 0 saturated heterocycles. The fourth-order valence-corrected chi connectivity index (χ4v) is 9.80. The van der Waals surface area contributed by atoms with E-state index in [4.69, 9.17) is 14.2 Å². The van der Waals surface area contributed by atoms with Crippen LogP contribution >= 0.6 is 0 Å². The second-order valence-electron chi connectivity index (χ2n) is 22.4. The minimum atomic E-state index is -0.781. The van der Waals surface area contributed by atoms with Crippen LogP contribution in [0.15, 0.2) is 48.6 Å². The van der Waals surface area contributed by atoms with Gasteiger partial charge in [-0.1, -0.05) is 301 Å². The van der Waals surface area contributed by atoms with Crippen LogP contribution in [0.5, 0.6) is 0 Å². The highest BCUT2D eigenvalue weighted by molar-refractivity contribution is 5.71. The van der Waals surface area contributed by atoms with Crippen LogP contribution in [0.2, 0.25) is 0 Å². The molecule has 438 valence electrons. The lowest BCUT2D eigenvalue weighted by Gasteiger charge is -2.18. The van der Waals surface area contributed by atoms with E-state index in [1.54, 1.807) is 0 Å². The van der Waals surface area contributed by atoms with Gasteiger partial charge in [-0.15, -0.1) is 0 Å². The number of rotatable bonds is 61. The molecule has 0 aliphatic carbocycles. The number of carbonyl (C=O) groups excluding carboxylic acids is 3. The minimum Gasteiger partial charge on any atom is -0.462 e. The van der Waals surface area contributed by atoms with Crippen molar-refractivity contribution in [1.82, 2.24) is 0 Å². The summed E-state index contributed by atoms with van der Waals surface area (Å²) in [5, 5.41) is 0. The van der Waals surface area contributed by atoms with E-state index in [1.165, 1.54) is 231 Å². The maximum absolute atomic E-state index is 12.9. The molecule has 0 spiro atoms. The van der Waals surface area contributed by atoms with Gasteiger partial charge >= 0.3 is 17.9 Å². The van der Waals surface area contributed by atoms with Crippen molar-refractivity contribution < 1.29 is 28.6 Å². The van der Waals surface area contributed by atoms with E-state index in [1.807, 2.05) is 0 Å². The van der Waals surface area contributed by atoms with Crippen molar-refractivity contribution in [3.8, 4) is 0 Å². The second kappa shape index (κ2) is 63.9. The number of unbranched alkanes of at least 4 members (excludes halogenated alkanes) is 42. The SMILES string of the molecule is CCCCCCC/C=C\C/C=C\C/C=C\CCCCCCCCC(=O)OCC(COC(=O)CCCCCCC/C=C\CCCCCCCC)OC(=O)CCCCCCCCCCCCCCCCCCCCCCC. The molecule has 0 aromatic rings. The molecule has 0 heterocycles. The van der Waals surface area contributed by atoms with Gasteiger partial charge in [0.05, 0.1) is 0 Å². The van der Waals surface area contributed by atoms with Crippen molar-refractivity contribution in [1.29, 1.82) is 0 Å². The third-order valence-electron chi connectivity index (χ3n) is 14.8. The van der Waals surface area contributed by atoms with E-state index < -0.39 is 6.10 Å². The first-order chi connectivity index (χ1) is 37.0. The standard InChI is InChI=1S/C69H126O6/c1-4-7-10-13-16-19-22-25-28-30-32-34-36-38-41-44-47-50-53-56-59-62-68(71)74-65-66(64-73-67(70)61-58-55-52-49-46-43-40-27-24-21-18-15-12-9-6-3)75-69(72)63-60-57-54-51-48-45-42-39-37-35-33-31-29-26-23-20-17-14-11-8-5-2/h22,25,27,30,32,36,38,40,66H,4-21,23-24,26,28-29,31,33-35,37,39,41-65H2,1-3H3/b25-22-,32-30-,38-36-,40-27-. The minimum absolute atomic E-state index is 0.0783. The first-order valence-electron chi connectivity index (χ1n) is 33.1. The predicted octanol–water partition coefficient (Wildman–Crippen LogP) is 22.6. The Labute approximate surface area is 467 Å². The summed E-state index contributed by atoms with van der Waals surface area (Å²) in [7, 11) is 0. The van der Waals surface area contributed by atoms with Gasteiger partial charge in [-0.3, -0.25) is 14.4 Å². The molecular weight excluding hydrogens is 925 g/mol. The molecule has 0 aromatic heterocycles. The van der Waals surface area contributed by atoms with Crippen molar-refractivity contribution in [2.45, 2.75) is 361 Å². The van der Waals surface area contributed by atoms with Crippen molar-refractivity contribution >= 4 is 17.9 Å². The molecule has 0 aliphatic heterocycles. The summed E-state index contributed by atoms with van der Waals surface area (Å²) in [4.78, 5) is 38.4. The number of hydrogen-bond donors (Lipinski definition) is 0. The molecule has 75 heavy (non-hydrogen) atoms. The summed E-state index contributed by atoms with van der Waals surface area (Å²) in [6.45, 7) is 6.66. The molecule has 0 bridgehead atoms. The first kappa shape index (κ1) is 72.4. The number of allylic oxidation sites excluding steroid dienone is 8. The highest BCUT2D eigenvalue weighted by Crippen LogP contribution is 2.17. The average Bonchev–Trinajstić information content (AvgIpc) is 3.41. The average molecular weight is 1050 g/mol. The molecule has 0 saturated carbocycles. The normalized spacial score (nSPS) is 12.3. The van der Waals surface area contributed by atoms with Crippen LogP contribution in [0.1, 0.15) is 355 Å². The zero-order valence-electron chi connectivity index (χ0n) is 50.3. The van der Waals surface area contributed by atoms with Crippen molar-refractivity contribution in [3.63, 3.8) is 0 Å². The smallest absolute Gasteiger partial charge is 0.306 e. The summed E-state index contributed by atoms with van der Waals surface area (Å²) in [6.07, 6.45) is 79.7. The zero-order chi connectivity index (χ0) is 54.3. The van der Waals surface area contributed by atoms with Gasteiger partial charge < -0.3 is 14.2 Å². The highest BCUT2D eigenvalue weighted by Gasteiger charge is 2.19. The molecule has 1 unspecified atom stereocenters. The van der Waals surface area contributed by atoms with E-state index in [0.717, 1.165) is 83.5 Å². The van der Waals surface area contributed by atoms with Crippen LogP contribution < -0.4 is 0 Å². The monoisotopic (exact) mass is 1050 g/mol. The summed E-state index contributed by atoms with van der Waals surface area (Å²) in [5.41, 5.74) is 0. The molecule has 1 atom stereocenters. The maximum Gasteiger partial charge on any atom is 0.306 e. The second-order valence-corrected chi connectivity index (χ2v) is 22.4. The Morgan fingerprint density at radius 2 is 0.480 bits per heavy atom. The van der Waals surface area contributed by atoms with Gasteiger partial charge in [-0.05, 0) is 83.5 Å². The van der Waals surface area contributed by atoms with Gasteiger partial charge in [0.1, 0.15) is 13.2 Å². The summed E-state index contributed by atoms with van der Waals surface area (Å²) in [6, 6.07) is 0. The Kier molecular flexibility index (Phi) is 61.7. The third kappa shape index (κ3) is 62.1. The van der Waals surface area contributed by atoms with E-state index in [2.05, 4.69) is 69.4 Å². The lowest BCUT2D eigenvalue weighted by molar-refractivity contribution is -0.167. The lowest BCUT2D eigenvalue weighted by Crippen LogP contribution is -2.30. The molecule has 0 radical (unpaired) electrons. The van der Waals surface area contributed by atoms with E-state index in [-0.39, 0.29) is 31.1 Å². The zero-order valence-corrected chi connectivity index (χ0v) is 50.3. The molecule has 6 nitrogen and oxygen atoms in total. The maximum atomic E-state index is 12.9. The van der Waals surface area contributed by atoms with Crippen LogP contribution in [0, 0.1) is 0 Å². The first-order valence-corrected chi connectivity index (χ1v) is 33.1. The Morgan fingerprint density at radius 1 is 0.267 bits per heavy atom. The van der Waals surface area contributed by atoms with E-state index in [9.17, 15) is 14.4 Å². The Bertz CT molecular complexity index is 1300. The van der Waals surface area contributed by atoms with E-state index >= 15 is 0 Å². The Hall–Kier alpha value is -2.63. The van der Waals surface area contributed by atoms with Gasteiger partial charge in [-0.25, -0.2) is 0 Å². The molecule has 0 aliphatic rings. The lowest BCUT2D eigenvalue weighted by atomic mass is 10.0. The molecule has 6 heteroatoms. The van der Waals surface area contributed by atoms with Crippen molar-refractivity contribution in [2.24, 2.45) is 0 Å². The van der Waals surface area contributed by atoms with Gasteiger partial charge in [0.25, 0.3) is 0 Å². The largest absolute Gasteiger partial charge is 0.462 e. The number of esters is 3. The fourth-order valence-electron chi connectivity index (χ4n) is 9.80. The number of carbonyl (C=O) groups is 3. The van der Waals surface area contributed by atoms with Gasteiger partial charge in [0.15, 0.2) is 6.10 Å². The molecule has 0 fully saturated rings. The Morgan fingerprint density at radius 3 is 0.760 bits per heavy atom. The van der Waals surface area contributed by atoms with Crippen LogP contribution in [-0.4, -0.2) is 37.2 Å². The predicted molar refractivity (Wildman–Crippen MR) is 325 cm³/mol. The van der Waals surface area contributed by atoms with Crippen LogP contribution in [0.25, 0.3) is 0 Å². The van der Waals surface area contributed by atoms with E-state index in [0.29, 0.717) is 19.3 Å². The van der Waals surface area contributed by atoms with Crippen LogP contribution in [0.4, 0.5) is 0 Å². The van der Waals surface area contributed by atoms with Crippen molar-refractivity contribution in [3.05, 3.63) is 48.6 Å². The van der Waals surface area contributed by atoms with Gasteiger partial charge in [-0.2, -0.15) is 0 Å². The fraction of sp³-hybridized carbons (Fsp3) is 0.841. The molecule has 0 rings (SSSR count). The van der Waals surface area contributed by atoms with Gasteiger partial charge in [0.2, 0.25) is 0 Å². The Balaban J connectivity index is 4.35. The number of hydrogen-bond acceptors (Lipinski definition) is 6. The third-order valence-corrected chi connectivity index (χ3v) is 14.8. The highest BCUT2D eigenvalue weighted by atomic mass is 16.6. The van der Waals surface area contributed by atoms with Crippen molar-refractivity contribution in [2.75, 3.05) is 13.2 Å². The summed E-state index contributed by atoms with van der Waals surface area (Å²) in [5.74, 6) is -0.875. The molecule has 0 aromatic carbocycles. The molecule has 0 amide bonds. The number of ether oxygens (including phenoxy) is 3. The summed E-state index contributed by atoms with van der Waals surface area (Å²) < 4.78 is 16.9. The summed E-state index contributed by atoms with van der Waals surface area (Å²) >= 11 is 0. The quantitative estimate of drug-likeness (QED) is 0.0261. The van der Waals surface area contributed by atoms with Crippen LogP contribution in [-0.2, 0) is 28.6 Å². The van der Waals surface area contributed by atoms with Gasteiger partial charge in [0, 0.05) is 19.3 Å². The molecular formula is C69H126O6. The molecule has 0 N–H and O–H groups in total. The van der Waals surface area contributed by atoms with Crippen LogP contribution in [0.3, 0.4) is 0 Å².